The summed E-state index contributed by atoms with van der Waals surface area (Å²) in [6.07, 6.45) is 4.21. The largest absolute Gasteiger partial charge is 0.424 e. The Balaban J connectivity index is 3.38. The summed E-state index contributed by atoms with van der Waals surface area (Å²) in [4.78, 5) is 22.9. The Morgan fingerprint density at radius 2 is 1.19 bits per heavy atom. The molecule has 0 saturated heterocycles. The zero-order valence-electron chi connectivity index (χ0n) is 13.5. The van der Waals surface area contributed by atoms with Crippen molar-refractivity contribution in [2.24, 2.45) is 0 Å². The molecule has 0 amide bonds. The maximum absolute atomic E-state index is 11.4. The third-order valence-corrected chi connectivity index (χ3v) is 5.95. The van der Waals surface area contributed by atoms with E-state index in [4.69, 9.17) is 13.6 Å². The minimum atomic E-state index is -0.402. The Hall–Kier alpha value is -0.506. The lowest BCUT2D eigenvalue weighted by atomic mass is 10.2. The second-order valence-corrected chi connectivity index (χ2v) is 7.91. The first-order chi connectivity index (χ1) is 10.2. The zero-order chi connectivity index (χ0) is 15.8. The molecule has 21 heavy (non-hydrogen) atoms. The van der Waals surface area contributed by atoms with Crippen LogP contribution in [0.4, 0.5) is 0 Å². The Bertz CT molecular complexity index is 248. The predicted molar refractivity (Wildman–Crippen MR) is 88.8 cm³/mol. The van der Waals surface area contributed by atoms with Gasteiger partial charge in [-0.1, -0.05) is 12.8 Å². The number of ether oxygens (including phenoxy) is 1. The van der Waals surface area contributed by atoms with Gasteiger partial charge >= 0.3 is 11.9 Å². The summed E-state index contributed by atoms with van der Waals surface area (Å²) in [5.41, 5.74) is 0. The van der Waals surface area contributed by atoms with E-state index >= 15 is 0 Å². The van der Waals surface area contributed by atoms with E-state index in [0.29, 0.717) is 12.8 Å². The number of carbonyl (C=O) groups is 2. The monoisotopic (exact) mass is 334 g/mol. The van der Waals surface area contributed by atoms with E-state index in [0.717, 1.165) is 51.0 Å². The van der Waals surface area contributed by atoms with Gasteiger partial charge in [-0.3, -0.25) is 9.59 Å². The molecule has 0 fully saturated rings. The quantitative estimate of drug-likeness (QED) is 0.208. The number of rotatable bonds is 14. The van der Waals surface area contributed by atoms with Gasteiger partial charge in [-0.15, -0.1) is 0 Å². The third-order valence-electron chi connectivity index (χ3n) is 2.98. The first-order valence-electron chi connectivity index (χ1n) is 8.09. The van der Waals surface area contributed by atoms with E-state index in [1.54, 1.807) is 0 Å². The lowest BCUT2D eigenvalue weighted by Crippen LogP contribution is -2.12. The molecule has 0 aliphatic carbocycles. The van der Waals surface area contributed by atoms with Gasteiger partial charge in [-0.05, 0) is 38.8 Å². The highest BCUT2D eigenvalue weighted by Crippen LogP contribution is 2.05. The van der Waals surface area contributed by atoms with Crippen molar-refractivity contribution in [2.75, 3.05) is 13.2 Å². The van der Waals surface area contributed by atoms with Crippen molar-refractivity contribution in [3.05, 3.63) is 0 Å². The highest BCUT2D eigenvalue weighted by molar-refractivity contribution is 6.27. The molecule has 0 N–H and O–H groups in total. The molecule has 0 radical (unpaired) electrons. The lowest BCUT2D eigenvalue weighted by molar-refractivity contribution is -0.159. The summed E-state index contributed by atoms with van der Waals surface area (Å²) in [5.74, 6) is -0.775. The molecule has 5 nitrogen and oxygen atoms in total. The highest BCUT2D eigenvalue weighted by atomic mass is 28.2. The molecule has 0 aromatic carbocycles. The molecular weight excluding hydrogens is 304 g/mol. The topological polar surface area (TPSA) is 61.8 Å². The minimum absolute atomic E-state index is 0.337. The number of carbonyl (C=O) groups excluding carboxylic acids is 2. The van der Waals surface area contributed by atoms with Crippen LogP contribution in [-0.2, 0) is 23.2 Å². The maximum atomic E-state index is 11.4. The van der Waals surface area contributed by atoms with Crippen molar-refractivity contribution >= 4 is 31.5 Å². The van der Waals surface area contributed by atoms with E-state index in [2.05, 4.69) is 0 Å². The van der Waals surface area contributed by atoms with Crippen molar-refractivity contribution in [3.63, 3.8) is 0 Å². The van der Waals surface area contributed by atoms with Crippen LogP contribution in [0.15, 0.2) is 0 Å². The number of hydrogen-bond acceptors (Lipinski definition) is 5. The van der Waals surface area contributed by atoms with Gasteiger partial charge in [0.1, 0.15) is 0 Å². The molecule has 0 unspecified atom stereocenters. The second kappa shape index (κ2) is 15.9. The molecule has 0 aliphatic rings. The summed E-state index contributed by atoms with van der Waals surface area (Å²) in [5, 5.41) is 0. The standard InChI is InChI=1S/C14H30O5Si2/c1-3-17-20-11-7-5-9-13(15)19-14(16)10-6-8-12-21-18-4-2/h3-12,20-21H2,1-2H3. The van der Waals surface area contributed by atoms with Crippen LogP contribution in [0.1, 0.15) is 52.4 Å². The summed E-state index contributed by atoms with van der Waals surface area (Å²) in [6.45, 7) is 5.57. The van der Waals surface area contributed by atoms with Crippen LogP contribution in [0.3, 0.4) is 0 Å². The van der Waals surface area contributed by atoms with Crippen molar-refractivity contribution in [3.8, 4) is 0 Å². The Morgan fingerprint density at radius 3 is 1.57 bits per heavy atom. The smallest absolute Gasteiger partial charge is 0.313 e. The summed E-state index contributed by atoms with van der Waals surface area (Å²) in [6, 6.07) is 2.16. The average Bonchev–Trinajstić information content (AvgIpc) is 2.46. The molecular formula is C14H30O5Si2. The van der Waals surface area contributed by atoms with Gasteiger partial charge in [0.15, 0.2) is 19.5 Å². The van der Waals surface area contributed by atoms with Gasteiger partial charge in [0.05, 0.1) is 0 Å². The third kappa shape index (κ3) is 15.7. The highest BCUT2D eigenvalue weighted by Gasteiger charge is 2.09. The molecule has 0 aliphatic heterocycles. The summed E-state index contributed by atoms with van der Waals surface area (Å²) < 4.78 is 15.5. The first kappa shape index (κ1) is 20.5. The van der Waals surface area contributed by atoms with Crippen molar-refractivity contribution < 1.29 is 23.2 Å². The molecule has 0 aromatic heterocycles. The van der Waals surface area contributed by atoms with Gasteiger partial charge in [0, 0.05) is 26.1 Å². The van der Waals surface area contributed by atoms with Crippen LogP contribution < -0.4 is 0 Å². The molecule has 0 rings (SSSR count). The average molecular weight is 335 g/mol. The molecule has 0 atom stereocenters. The lowest BCUT2D eigenvalue weighted by Gasteiger charge is -2.04. The zero-order valence-corrected chi connectivity index (χ0v) is 16.4. The van der Waals surface area contributed by atoms with Crippen LogP contribution in [0.2, 0.25) is 12.1 Å². The van der Waals surface area contributed by atoms with E-state index in [-0.39, 0.29) is 11.9 Å². The van der Waals surface area contributed by atoms with E-state index < -0.39 is 19.5 Å². The molecule has 0 spiro atoms. The SMILES string of the molecule is CCO[SiH2]CCCCC(=O)OC(=O)CCCC[SiH2]OCC. The Kier molecular flexibility index (Phi) is 15.5. The number of hydrogen-bond donors (Lipinski definition) is 0. The molecule has 0 bridgehead atoms. The number of unbranched alkanes of at least 4 members (excludes halogenated alkanes) is 2. The number of esters is 2. The van der Waals surface area contributed by atoms with Gasteiger partial charge in [0.25, 0.3) is 0 Å². The van der Waals surface area contributed by atoms with Crippen molar-refractivity contribution in [1.82, 2.24) is 0 Å². The maximum Gasteiger partial charge on any atom is 0.313 e. The van der Waals surface area contributed by atoms with Gasteiger partial charge in [-0.2, -0.15) is 0 Å². The fraction of sp³-hybridized carbons (Fsp3) is 0.857. The Morgan fingerprint density at radius 1 is 0.762 bits per heavy atom. The summed E-state index contributed by atoms with van der Waals surface area (Å²) in [7, 11) is -0.804. The fourth-order valence-corrected chi connectivity index (χ4v) is 3.92. The first-order valence-corrected chi connectivity index (χ1v) is 11.2. The normalized spacial score (nSPS) is 11.7. The van der Waals surface area contributed by atoms with Crippen molar-refractivity contribution in [1.29, 1.82) is 0 Å². The molecule has 0 aromatic rings. The minimum Gasteiger partial charge on any atom is -0.424 e. The molecule has 7 heteroatoms. The Labute approximate surface area is 133 Å². The van der Waals surface area contributed by atoms with E-state index in [1.807, 2.05) is 13.8 Å². The molecule has 0 heterocycles. The van der Waals surface area contributed by atoms with Crippen LogP contribution >= 0.6 is 0 Å². The van der Waals surface area contributed by atoms with E-state index in [9.17, 15) is 9.59 Å². The summed E-state index contributed by atoms with van der Waals surface area (Å²) >= 11 is 0. The van der Waals surface area contributed by atoms with Crippen LogP contribution in [0.25, 0.3) is 0 Å². The predicted octanol–water partition coefficient (Wildman–Crippen LogP) is 1.47. The molecule has 0 saturated carbocycles. The van der Waals surface area contributed by atoms with Crippen molar-refractivity contribution in [2.45, 2.75) is 64.5 Å². The van der Waals surface area contributed by atoms with Crippen LogP contribution in [0.5, 0.6) is 0 Å². The molecule has 124 valence electrons. The fourth-order valence-electron chi connectivity index (χ4n) is 1.82. The van der Waals surface area contributed by atoms with Gasteiger partial charge < -0.3 is 13.6 Å². The van der Waals surface area contributed by atoms with Gasteiger partial charge in [-0.25, -0.2) is 0 Å². The van der Waals surface area contributed by atoms with E-state index in [1.165, 1.54) is 0 Å². The second-order valence-electron chi connectivity index (χ2n) is 4.86. The van der Waals surface area contributed by atoms with Crippen LogP contribution in [0, 0.1) is 0 Å². The van der Waals surface area contributed by atoms with Gasteiger partial charge in [0.2, 0.25) is 0 Å². The van der Waals surface area contributed by atoms with Crippen LogP contribution in [-0.4, -0.2) is 44.7 Å².